The molecule has 1 nitrogen and oxygen atoms in total. The highest BCUT2D eigenvalue weighted by Gasteiger charge is 2.12. The minimum atomic E-state index is 0.714. The number of nitrogens with two attached hydrogens (primary N) is 1. The molecule has 1 aliphatic rings. The highest BCUT2D eigenvalue weighted by molar-refractivity contribution is 4.90. The summed E-state index contributed by atoms with van der Waals surface area (Å²) in [6.07, 6.45) is 9.87. The predicted molar refractivity (Wildman–Crippen MR) is 49.3 cm³/mol. The molecule has 1 aliphatic carbocycles. The molecular formula is C10H19N. The number of hydrogen-bond acceptors (Lipinski definition) is 1. The van der Waals surface area contributed by atoms with Crippen LogP contribution in [0.4, 0.5) is 0 Å². The monoisotopic (exact) mass is 153 g/mol. The van der Waals surface area contributed by atoms with Crippen LogP contribution in [-0.4, -0.2) is 6.54 Å². The van der Waals surface area contributed by atoms with Crippen molar-refractivity contribution in [2.75, 3.05) is 6.54 Å². The van der Waals surface area contributed by atoms with Gasteiger partial charge in [-0.05, 0) is 44.1 Å². The van der Waals surface area contributed by atoms with Gasteiger partial charge in [-0.2, -0.15) is 0 Å². The fraction of sp³-hybridized carbons (Fsp3) is 0.800. The van der Waals surface area contributed by atoms with Gasteiger partial charge in [0.2, 0.25) is 0 Å². The van der Waals surface area contributed by atoms with E-state index < -0.39 is 0 Å². The second-order valence-corrected chi connectivity index (χ2v) is 3.73. The molecule has 0 spiro atoms. The van der Waals surface area contributed by atoms with E-state index >= 15 is 0 Å². The Labute approximate surface area is 69.7 Å². The van der Waals surface area contributed by atoms with Crippen molar-refractivity contribution < 1.29 is 0 Å². The normalized spacial score (nSPS) is 26.9. The van der Waals surface area contributed by atoms with Gasteiger partial charge in [-0.25, -0.2) is 0 Å². The van der Waals surface area contributed by atoms with Crippen molar-refractivity contribution in [1.29, 1.82) is 0 Å². The Morgan fingerprint density at radius 1 is 1.55 bits per heavy atom. The zero-order valence-electron chi connectivity index (χ0n) is 7.42. The first-order valence-corrected chi connectivity index (χ1v) is 4.68. The number of allylic oxidation sites excluding steroid dienone is 2. The molecule has 0 aliphatic heterocycles. The fourth-order valence-corrected chi connectivity index (χ4v) is 1.74. The maximum Gasteiger partial charge on any atom is -0.00514 e. The van der Waals surface area contributed by atoms with Crippen LogP contribution in [0.1, 0.15) is 32.6 Å². The molecule has 2 N–H and O–H groups in total. The minimum Gasteiger partial charge on any atom is -0.330 e. The summed E-state index contributed by atoms with van der Waals surface area (Å²) in [7, 11) is 0. The van der Waals surface area contributed by atoms with Crippen LogP contribution in [0.25, 0.3) is 0 Å². The quantitative estimate of drug-likeness (QED) is 0.619. The first-order valence-electron chi connectivity index (χ1n) is 4.68. The van der Waals surface area contributed by atoms with Gasteiger partial charge in [0.05, 0.1) is 0 Å². The standard InChI is InChI=1S/C10H19N/c1-9(8-11)7-10-5-3-2-4-6-10/h2-3,9-10H,4-8,11H2,1H3. The van der Waals surface area contributed by atoms with Gasteiger partial charge in [0.15, 0.2) is 0 Å². The second kappa shape index (κ2) is 4.55. The molecule has 0 heterocycles. The molecule has 1 rings (SSSR count). The lowest BCUT2D eigenvalue weighted by molar-refractivity contribution is 0.370. The Kier molecular flexibility index (Phi) is 3.64. The first-order chi connectivity index (χ1) is 5.33. The van der Waals surface area contributed by atoms with E-state index in [1.807, 2.05) is 0 Å². The summed E-state index contributed by atoms with van der Waals surface area (Å²) in [5.41, 5.74) is 5.57. The molecule has 1 heteroatoms. The lowest BCUT2D eigenvalue weighted by Crippen LogP contribution is -2.15. The van der Waals surface area contributed by atoms with Gasteiger partial charge in [0.25, 0.3) is 0 Å². The van der Waals surface area contributed by atoms with Gasteiger partial charge in [-0.3, -0.25) is 0 Å². The van der Waals surface area contributed by atoms with Crippen molar-refractivity contribution in [3.8, 4) is 0 Å². The summed E-state index contributed by atoms with van der Waals surface area (Å²) in [5.74, 6) is 1.63. The average Bonchev–Trinajstić information content (AvgIpc) is 2.06. The Bertz CT molecular complexity index is 129. The summed E-state index contributed by atoms with van der Waals surface area (Å²) < 4.78 is 0. The summed E-state index contributed by atoms with van der Waals surface area (Å²) in [5, 5.41) is 0. The van der Waals surface area contributed by atoms with Crippen molar-refractivity contribution in [3.63, 3.8) is 0 Å². The van der Waals surface area contributed by atoms with Crippen LogP contribution < -0.4 is 5.73 Å². The fourth-order valence-electron chi connectivity index (χ4n) is 1.74. The van der Waals surface area contributed by atoms with E-state index in [4.69, 9.17) is 5.73 Å². The highest BCUT2D eigenvalue weighted by atomic mass is 14.5. The smallest absolute Gasteiger partial charge is 0.00514 e. The molecule has 2 atom stereocenters. The molecule has 0 saturated heterocycles. The van der Waals surface area contributed by atoms with Crippen molar-refractivity contribution in [3.05, 3.63) is 12.2 Å². The average molecular weight is 153 g/mol. The van der Waals surface area contributed by atoms with E-state index in [1.165, 1.54) is 25.7 Å². The topological polar surface area (TPSA) is 26.0 Å². The third-order valence-electron chi connectivity index (χ3n) is 2.52. The van der Waals surface area contributed by atoms with Crippen LogP contribution in [0.2, 0.25) is 0 Å². The van der Waals surface area contributed by atoms with Crippen LogP contribution in [0.15, 0.2) is 12.2 Å². The number of rotatable bonds is 3. The Balaban J connectivity index is 2.20. The van der Waals surface area contributed by atoms with E-state index in [2.05, 4.69) is 19.1 Å². The molecule has 0 radical (unpaired) electrons. The Morgan fingerprint density at radius 3 is 2.91 bits per heavy atom. The zero-order valence-corrected chi connectivity index (χ0v) is 7.42. The van der Waals surface area contributed by atoms with Crippen LogP contribution in [-0.2, 0) is 0 Å². The third kappa shape index (κ3) is 3.06. The first kappa shape index (κ1) is 8.79. The predicted octanol–water partition coefficient (Wildman–Crippen LogP) is 2.33. The molecule has 0 aromatic heterocycles. The lowest BCUT2D eigenvalue weighted by atomic mass is 9.87. The molecule has 0 aromatic carbocycles. The maximum absolute atomic E-state index is 5.57. The molecule has 0 bridgehead atoms. The van der Waals surface area contributed by atoms with E-state index in [0.29, 0.717) is 5.92 Å². The highest BCUT2D eigenvalue weighted by Crippen LogP contribution is 2.24. The van der Waals surface area contributed by atoms with E-state index in [0.717, 1.165) is 12.5 Å². The van der Waals surface area contributed by atoms with Gasteiger partial charge in [0, 0.05) is 0 Å². The van der Waals surface area contributed by atoms with Gasteiger partial charge < -0.3 is 5.73 Å². The van der Waals surface area contributed by atoms with Crippen molar-refractivity contribution in [2.45, 2.75) is 32.6 Å². The maximum atomic E-state index is 5.57. The Hall–Kier alpha value is -0.300. The summed E-state index contributed by atoms with van der Waals surface area (Å²) in [6, 6.07) is 0. The SMILES string of the molecule is CC(CN)CC1CC=CCC1. The summed E-state index contributed by atoms with van der Waals surface area (Å²) in [6.45, 7) is 3.10. The van der Waals surface area contributed by atoms with Crippen molar-refractivity contribution in [1.82, 2.24) is 0 Å². The van der Waals surface area contributed by atoms with Crippen LogP contribution in [0.5, 0.6) is 0 Å². The van der Waals surface area contributed by atoms with Gasteiger partial charge in [-0.1, -0.05) is 19.1 Å². The molecule has 0 amide bonds. The lowest BCUT2D eigenvalue weighted by Gasteiger charge is -2.20. The molecular weight excluding hydrogens is 134 g/mol. The van der Waals surface area contributed by atoms with Gasteiger partial charge in [-0.15, -0.1) is 0 Å². The van der Waals surface area contributed by atoms with Crippen LogP contribution in [0, 0.1) is 11.8 Å². The van der Waals surface area contributed by atoms with Gasteiger partial charge >= 0.3 is 0 Å². The molecule has 11 heavy (non-hydrogen) atoms. The molecule has 0 saturated carbocycles. The third-order valence-corrected chi connectivity index (χ3v) is 2.52. The molecule has 0 fully saturated rings. The van der Waals surface area contributed by atoms with Crippen LogP contribution in [0.3, 0.4) is 0 Å². The summed E-state index contributed by atoms with van der Waals surface area (Å²) in [4.78, 5) is 0. The number of hydrogen-bond donors (Lipinski definition) is 1. The van der Waals surface area contributed by atoms with Crippen LogP contribution >= 0.6 is 0 Å². The minimum absolute atomic E-state index is 0.714. The molecule has 64 valence electrons. The van der Waals surface area contributed by atoms with Crippen molar-refractivity contribution in [2.24, 2.45) is 17.6 Å². The molecule has 0 aromatic rings. The van der Waals surface area contributed by atoms with E-state index in [1.54, 1.807) is 0 Å². The molecule has 2 unspecified atom stereocenters. The van der Waals surface area contributed by atoms with E-state index in [9.17, 15) is 0 Å². The Morgan fingerprint density at radius 2 is 2.36 bits per heavy atom. The summed E-state index contributed by atoms with van der Waals surface area (Å²) >= 11 is 0. The largest absolute Gasteiger partial charge is 0.330 e. The van der Waals surface area contributed by atoms with E-state index in [-0.39, 0.29) is 0 Å². The van der Waals surface area contributed by atoms with Crippen molar-refractivity contribution >= 4 is 0 Å². The zero-order chi connectivity index (χ0) is 8.10. The van der Waals surface area contributed by atoms with Gasteiger partial charge in [0.1, 0.15) is 0 Å². The second-order valence-electron chi connectivity index (χ2n) is 3.73.